The number of halogens is 1. The molecule has 222 valence electrons. The van der Waals surface area contributed by atoms with E-state index < -0.39 is 23.5 Å². The summed E-state index contributed by atoms with van der Waals surface area (Å²) in [5.41, 5.74) is 1.11. The first kappa shape index (κ1) is 31.1. The number of thiazole rings is 1. The summed E-state index contributed by atoms with van der Waals surface area (Å²) in [7, 11) is 2.71. The number of ether oxygens (including phenoxy) is 5. The number of allylic oxidation sites excluding steroid dienone is 1. The van der Waals surface area contributed by atoms with Gasteiger partial charge in [0.25, 0.3) is 5.56 Å². The molecule has 3 aromatic rings. The second-order valence-electron chi connectivity index (χ2n) is 8.85. The zero-order valence-electron chi connectivity index (χ0n) is 23.6. The molecule has 0 amide bonds. The molecule has 1 aliphatic heterocycles. The van der Waals surface area contributed by atoms with Gasteiger partial charge in [-0.05, 0) is 79.3 Å². The van der Waals surface area contributed by atoms with E-state index in [1.807, 2.05) is 0 Å². The van der Waals surface area contributed by atoms with E-state index in [1.54, 1.807) is 57.2 Å². The van der Waals surface area contributed by atoms with E-state index >= 15 is 0 Å². The Bertz CT molecular complexity index is 1740. The number of carbonyl (C=O) groups excluding carboxylic acids is 2. The number of aromatic nitrogens is 1. The zero-order chi connectivity index (χ0) is 30.6. The Hall–Kier alpha value is -3.85. The molecular weight excluding hydrogens is 679 g/mol. The minimum absolute atomic E-state index is 0.104. The minimum Gasteiger partial charge on any atom is -0.504 e. The third-order valence-corrected chi connectivity index (χ3v) is 7.86. The molecule has 0 spiro atoms. The van der Waals surface area contributed by atoms with E-state index in [0.717, 1.165) is 14.9 Å². The number of esters is 2. The monoisotopic (exact) mass is 708 g/mol. The van der Waals surface area contributed by atoms with Crippen LogP contribution in [0, 0.1) is 3.57 Å². The largest absolute Gasteiger partial charge is 0.504 e. The smallest absolute Gasteiger partial charge is 0.343 e. The molecule has 1 aromatic heterocycles. The maximum atomic E-state index is 14.0. The highest BCUT2D eigenvalue weighted by atomic mass is 127. The van der Waals surface area contributed by atoms with Gasteiger partial charge in [-0.25, -0.2) is 14.6 Å². The van der Waals surface area contributed by atoms with Crippen molar-refractivity contribution < 1.29 is 38.4 Å². The molecule has 1 aliphatic rings. The Morgan fingerprint density at radius 2 is 1.86 bits per heavy atom. The van der Waals surface area contributed by atoms with E-state index in [2.05, 4.69) is 32.3 Å². The van der Waals surface area contributed by atoms with Crippen molar-refractivity contribution in [2.75, 3.05) is 34.0 Å². The average molecular weight is 709 g/mol. The number of phenolic OH excluding ortho intramolecular Hbond substituents is 1. The summed E-state index contributed by atoms with van der Waals surface area (Å²) in [5, 5.41) is 10.7. The summed E-state index contributed by atoms with van der Waals surface area (Å²) in [6.07, 6.45) is 1.57. The fourth-order valence-corrected chi connectivity index (χ4v) is 6.04. The normalized spacial score (nSPS) is 14.6. The van der Waals surface area contributed by atoms with Crippen molar-refractivity contribution >= 4 is 51.9 Å². The first-order valence-electron chi connectivity index (χ1n) is 12.9. The molecule has 0 aliphatic carbocycles. The van der Waals surface area contributed by atoms with Gasteiger partial charge in [-0.3, -0.25) is 9.36 Å². The number of rotatable bonds is 10. The van der Waals surface area contributed by atoms with Crippen LogP contribution in [0.15, 0.2) is 51.4 Å². The van der Waals surface area contributed by atoms with Gasteiger partial charge in [0.05, 0.1) is 49.3 Å². The van der Waals surface area contributed by atoms with Gasteiger partial charge >= 0.3 is 11.9 Å². The van der Waals surface area contributed by atoms with Gasteiger partial charge in [0.1, 0.15) is 0 Å². The molecule has 2 heterocycles. The fourth-order valence-electron chi connectivity index (χ4n) is 4.39. The van der Waals surface area contributed by atoms with Crippen molar-refractivity contribution in [1.29, 1.82) is 0 Å². The van der Waals surface area contributed by atoms with Crippen LogP contribution in [-0.2, 0) is 19.1 Å². The van der Waals surface area contributed by atoms with Crippen molar-refractivity contribution in [2.45, 2.75) is 26.8 Å². The number of benzene rings is 2. The topological polar surface area (TPSA) is 135 Å². The first-order chi connectivity index (χ1) is 20.1. The van der Waals surface area contributed by atoms with Crippen molar-refractivity contribution in [2.24, 2.45) is 4.99 Å². The standard InChI is InChI=1S/C29H29IN2O9S/c1-6-39-20-11-16(8-9-19(20)41-14-23(33)38-5)25-24(28(36)40-7-2)15(3)31-29-32(25)27(35)22(42-29)12-17-10-18(30)13-21(37-4)26(17)34/h8-13,25,34H,6-7,14H2,1-5H3/b22-12+/t25-/m1/s1. The van der Waals surface area contributed by atoms with Crippen LogP contribution in [0.25, 0.3) is 6.08 Å². The third-order valence-electron chi connectivity index (χ3n) is 6.25. The molecule has 0 radical (unpaired) electrons. The molecule has 4 rings (SSSR count). The van der Waals surface area contributed by atoms with Gasteiger partial charge < -0.3 is 28.8 Å². The second kappa shape index (κ2) is 13.4. The van der Waals surface area contributed by atoms with Crippen LogP contribution in [0.1, 0.15) is 37.9 Å². The first-order valence-corrected chi connectivity index (χ1v) is 14.7. The molecule has 0 fully saturated rings. The quantitative estimate of drug-likeness (QED) is 0.249. The van der Waals surface area contributed by atoms with Crippen LogP contribution in [-0.4, -0.2) is 55.7 Å². The van der Waals surface area contributed by atoms with Crippen molar-refractivity contribution in [3.05, 3.63) is 76.0 Å². The summed E-state index contributed by atoms with van der Waals surface area (Å²) in [5.74, 6) is -0.393. The predicted molar refractivity (Wildman–Crippen MR) is 163 cm³/mol. The number of hydrogen-bond donors (Lipinski definition) is 1. The number of methoxy groups -OCH3 is 2. The Morgan fingerprint density at radius 3 is 2.52 bits per heavy atom. The molecule has 42 heavy (non-hydrogen) atoms. The van der Waals surface area contributed by atoms with Gasteiger partial charge in [0.2, 0.25) is 0 Å². The maximum Gasteiger partial charge on any atom is 0.343 e. The lowest BCUT2D eigenvalue weighted by Gasteiger charge is -2.25. The Balaban J connectivity index is 1.93. The van der Waals surface area contributed by atoms with Crippen LogP contribution in [0.2, 0.25) is 0 Å². The van der Waals surface area contributed by atoms with Gasteiger partial charge in [0.15, 0.2) is 34.4 Å². The molecule has 0 unspecified atom stereocenters. The van der Waals surface area contributed by atoms with Crippen LogP contribution in [0.5, 0.6) is 23.0 Å². The SMILES string of the molecule is CCOC(=O)C1=C(C)N=c2s/c(=C/c3cc(I)cc(OC)c3O)c(=O)n2[C@@H]1c1ccc(OCC(=O)OC)c(OCC)c1. The zero-order valence-corrected chi connectivity index (χ0v) is 26.5. The fraction of sp³-hybridized carbons (Fsp3) is 0.310. The van der Waals surface area contributed by atoms with E-state index in [9.17, 15) is 19.5 Å². The highest BCUT2D eigenvalue weighted by molar-refractivity contribution is 14.1. The minimum atomic E-state index is -0.907. The molecule has 1 atom stereocenters. The molecule has 0 saturated carbocycles. The van der Waals surface area contributed by atoms with Crippen molar-refractivity contribution in [3.8, 4) is 23.0 Å². The summed E-state index contributed by atoms with van der Waals surface area (Å²) < 4.78 is 29.2. The van der Waals surface area contributed by atoms with Gasteiger partial charge in [-0.1, -0.05) is 17.4 Å². The van der Waals surface area contributed by atoms with Gasteiger partial charge in [-0.15, -0.1) is 0 Å². The van der Waals surface area contributed by atoms with Crippen LogP contribution >= 0.6 is 33.9 Å². The Labute approximate surface area is 258 Å². The highest BCUT2D eigenvalue weighted by Crippen LogP contribution is 2.37. The summed E-state index contributed by atoms with van der Waals surface area (Å²) in [6, 6.07) is 7.45. The van der Waals surface area contributed by atoms with Gasteiger partial charge in [0, 0.05) is 9.13 Å². The summed E-state index contributed by atoms with van der Waals surface area (Å²) in [6.45, 7) is 5.27. The molecule has 0 saturated heterocycles. The number of hydrogen-bond acceptors (Lipinski definition) is 11. The lowest BCUT2D eigenvalue weighted by atomic mass is 9.95. The van der Waals surface area contributed by atoms with Crippen molar-refractivity contribution in [3.63, 3.8) is 0 Å². The van der Waals surface area contributed by atoms with Crippen LogP contribution < -0.4 is 29.1 Å². The molecule has 1 N–H and O–H groups in total. The van der Waals surface area contributed by atoms with Gasteiger partial charge in [-0.2, -0.15) is 0 Å². The number of nitrogens with zero attached hydrogens (tertiary/aromatic N) is 2. The Kier molecular flexibility index (Phi) is 9.93. The summed E-state index contributed by atoms with van der Waals surface area (Å²) in [4.78, 5) is 43.8. The molecule has 0 bridgehead atoms. The van der Waals surface area contributed by atoms with Crippen LogP contribution in [0.4, 0.5) is 0 Å². The third kappa shape index (κ3) is 6.31. The van der Waals surface area contributed by atoms with Crippen molar-refractivity contribution in [1.82, 2.24) is 4.57 Å². The van der Waals surface area contributed by atoms with E-state index in [1.165, 1.54) is 18.8 Å². The average Bonchev–Trinajstić information content (AvgIpc) is 3.27. The van der Waals surface area contributed by atoms with Crippen LogP contribution in [0.3, 0.4) is 0 Å². The lowest BCUT2D eigenvalue weighted by molar-refractivity contribution is -0.143. The predicted octanol–water partition coefficient (Wildman–Crippen LogP) is 3.07. The lowest BCUT2D eigenvalue weighted by Crippen LogP contribution is -2.40. The molecule has 13 heteroatoms. The number of aromatic hydroxyl groups is 1. The second-order valence-corrected chi connectivity index (χ2v) is 11.1. The molecule has 11 nitrogen and oxygen atoms in total. The summed E-state index contributed by atoms with van der Waals surface area (Å²) >= 11 is 3.22. The van der Waals surface area contributed by atoms with E-state index in [-0.39, 0.29) is 30.3 Å². The maximum absolute atomic E-state index is 14.0. The highest BCUT2D eigenvalue weighted by Gasteiger charge is 2.34. The molecule has 2 aromatic carbocycles. The number of carbonyl (C=O) groups is 2. The van der Waals surface area contributed by atoms with E-state index in [0.29, 0.717) is 44.3 Å². The molecular formula is C29H29IN2O9S. The Morgan fingerprint density at radius 1 is 1.10 bits per heavy atom. The van der Waals surface area contributed by atoms with E-state index in [4.69, 9.17) is 18.9 Å². The number of fused-ring (bicyclic) bond motifs is 1. The number of phenols is 1.